The molecule has 0 radical (unpaired) electrons. The van der Waals surface area contributed by atoms with Crippen molar-refractivity contribution in [3.63, 3.8) is 0 Å². The van der Waals surface area contributed by atoms with Crippen molar-refractivity contribution in [2.45, 2.75) is 24.3 Å². The predicted molar refractivity (Wildman–Crippen MR) is 72.2 cm³/mol. The lowest BCUT2D eigenvalue weighted by Crippen LogP contribution is -2.22. The van der Waals surface area contributed by atoms with Crippen LogP contribution in [0.2, 0.25) is 0 Å². The van der Waals surface area contributed by atoms with Crippen molar-refractivity contribution in [2.24, 2.45) is 7.05 Å². The van der Waals surface area contributed by atoms with Gasteiger partial charge in [0, 0.05) is 25.4 Å². The molecule has 8 heteroatoms. The highest BCUT2D eigenvalue weighted by molar-refractivity contribution is 7.91. The first kappa shape index (κ1) is 14.2. The fourth-order valence-corrected chi connectivity index (χ4v) is 3.89. The Kier molecular flexibility index (Phi) is 4.04. The third-order valence-corrected chi connectivity index (χ3v) is 5.53. The highest BCUT2D eigenvalue weighted by Crippen LogP contribution is 2.20. The number of nitrogens with zero attached hydrogens (tertiary/aromatic N) is 2. The Morgan fingerprint density at radius 3 is 2.79 bits per heavy atom. The van der Waals surface area contributed by atoms with Gasteiger partial charge in [-0.1, -0.05) is 0 Å². The predicted octanol–water partition coefficient (Wildman–Crippen LogP) is 0.761. The molecule has 2 heterocycles. The van der Waals surface area contributed by atoms with Crippen molar-refractivity contribution in [2.75, 3.05) is 0 Å². The van der Waals surface area contributed by atoms with Crippen molar-refractivity contribution in [1.82, 2.24) is 14.5 Å². The molecule has 0 aliphatic rings. The molecule has 0 aliphatic carbocycles. The molecule has 0 saturated heterocycles. The van der Waals surface area contributed by atoms with Crippen LogP contribution in [0.4, 0.5) is 0 Å². The smallest absolute Gasteiger partial charge is 0.250 e. The summed E-state index contributed by atoms with van der Waals surface area (Å²) < 4.78 is 28.5. The lowest BCUT2D eigenvalue weighted by atomic mass is 10.3. The van der Waals surface area contributed by atoms with Gasteiger partial charge in [0.2, 0.25) is 10.0 Å². The van der Waals surface area contributed by atoms with Crippen LogP contribution in [0, 0.1) is 6.92 Å². The zero-order valence-electron chi connectivity index (χ0n) is 10.6. The highest BCUT2D eigenvalue weighted by atomic mass is 32.2. The maximum atomic E-state index is 12.0. The summed E-state index contributed by atoms with van der Waals surface area (Å²) in [6.45, 7) is 1.88. The first-order valence-electron chi connectivity index (χ1n) is 5.59. The number of thiophene rings is 1. The largest absolute Gasteiger partial charge is 0.392 e. The molecule has 0 fully saturated rings. The molecule has 0 spiro atoms. The summed E-state index contributed by atoms with van der Waals surface area (Å²) in [6, 6.07) is 1.48. The fraction of sp³-hybridized carbons (Fsp3) is 0.364. The Morgan fingerprint density at radius 2 is 2.26 bits per heavy atom. The monoisotopic (exact) mass is 301 g/mol. The van der Waals surface area contributed by atoms with E-state index in [1.807, 2.05) is 6.92 Å². The summed E-state index contributed by atoms with van der Waals surface area (Å²) in [4.78, 5) is 0. The number of aliphatic hydroxyl groups excluding tert-OH is 1. The summed E-state index contributed by atoms with van der Waals surface area (Å²) >= 11 is 1.09. The molecule has 2 rings (SSSR count). The van der Waals surface area contributed by atoms with Gasteiger partial charge >= 0.3 is 0 Å². The Hall–Kier alpha value is -1.22. The average molecular weight is 301 g/mol. The maximum Gasteiger partial charge on any atom is 0.250 e. The van der Waals surface area contributed by atoms with Gasteiger partial charge < -0.3 is 5.11 Å². The van der Waals surface area contributed by atoms with Crippen LogP contribution in [-0.4, -0.2) is 23.3 Å². The van der Waals surface area contributed by atoms with Crippen LogP contribution in [0.15, 0.2) is 21.9 Å². The summed E-state index contributed by atoms with van der Waals surface area (Å²) in [5.74, 6) is 0. The van der Waals surface area contributed by atoms with Crippen molar-refractivity contribution in [1.29, 1.82) is 0 Å². The summed E-state index contributed by atoms with van der Waals surface area (Å²) in [7, 11) is -1.75. The van der Waals surface area contributed by atoms with Gasteiger partial charge in [-0.15, -0.1) is 11.3 Å². The van der Waals surface area contributed by atoms with Crippen LogP contribution < -0.4 is 4.72 Å². The van der Waals surface area contributed by atoms with Crippen LogP contribution in [-0.2, 0) is 30.2 Å². The van der Waals surface area contributed by atoms with Gasteiger partial charge in [0.1, 0.15) is 4.21 Å². The quantitative estimate of drug-likeness (QED) is 0.854. The second-order valence-electron chi connectivity index (χ2n) is 4.17. The summed E-state index contributed by atoms with van der Waals surface area (Å²) in [5, 5.41) is 14.7. The van der Waals surface area contributed by atoms with E-state index in [1.54, 1.807) is 23.3 Å². The van der Waals surface area contributed by atoms with Crippen LogP contribution >= 0.6 is 11.3 Å². The van der Waals surface area contributed by atoms with E-state index < -0.39 is 10.0 Å². The van der Waals surface area contributed by atoms with Gasteiger partial charge in [-0.2, -0.15) is 5.10 Å². The molecule has 6 nitrogen and oxygen atoms in total. The molecule has 0 aliphatic heterocycles. The molecule has 0 saturated carbocycles. The van der Waals surface area contributed by atoms with E-state index in [2.05, 4.69) is 9.82 Å². The average Bonchev–Trinajstić information content (AvgIpc) is 2.94. The Bertz CT molecular complexity index is 673. The Balaban J connectivity index is 2.11. The van der Waals surface area contributed by atoms with Crippen molar-refractivity contribution >= 4 is 21.4 Å². The number of hydrogen-bond acceptors (Lipinski definition) is 5. The second kappa shape index (κ2) is 5.41. The maximum absolute atomic E-state index is 12.0. The van der Waals surface area contributed by atoms with E-state index >= 15 is 0 Å². The molecule has 0 aromatic carbocycles. The molecule has 104 valence electrons. The number of hydrogen-bond donors (Lipinski definition) is 2. The summed E-state index contributed by atoms with van der Waals surface area (Å²) in [6.07, 6.45) is 1.78. The van der Waals surface area contributed by atoms with Gasteiger partial charge in [-0.05, 0) is 23.9 Å². The highest BCUT2D eigenvalue weighted by Gasteiger charge is 2.17. The molecular formula is C11H15N3O3S2. The number of sulfonamides is 1. The number of aromatic nitrogens is 2. The van der Waals surface area contributed by atoms with Gasteiger partial charge in [0.15, 0.2) is 0 Å². The fourth-order valence-electron chi connectivity index (χ4n) is 1.64. The Morgan fingerprint density at radius 1 is 1.53 bits per heavy atom. The zero-order chi connectivity index (χ0) is 14.0. The standard InChI is InChI=1S/C11H15N3O3S2/c1-8-10(5-14(2)13-8)4-12-19(16,17)11-3-9(6-15)7-18-11/h3,5,7,12,15H,4,6H2,1-2H3. The van der Waals surface area contributed by atoms with Crippen molar-refractivity contribution in [3.8, 4) is 0 Å². The van der Waals surface area contributed by atoms with E-state index in [4.69, 9.17) is 5.11 Å². The molecule has 0 bridgehead atoms. The lowest BCUT2D eigenvalue weighted by molar-refractivity contribution is 0.282. The zero-order valence-corrected chi connectivity index (χ0v) is 12.3. The molecule has 2 N–H and O–H groups in total. The molecule has 19 heavy (non-hydrogen) atoms. The van der Waals surface area contributed by atoms with Crippen LogP contribution in [0.5, 0.6) is 0 Å². The van der Waals surface area contributed by atoms with Gasteiger partial charge in [-0.25, -0.2) is 13.1 Å². The minimum absolute atomic E-state index is 0.159. The molecule has 0 amide bonds. The SMILES string of the molecule is Cc1nn(C)cc1CNS(=O)(=O)c1cc(CO)cs1. The minimum Gasteiger partial charge on any atom is -0.392 e. The van der Waals surface area contributed by atoms with Gasteiger partial charge in [0.25, 0.3) is 0 Å². The van der Waals surface area contributed by atoms with Crippen LogP contribution in [0.3, 0.4) is 0 Å². The first-order chi connectivity index (χ1) is 8.92. The van der Waals surface area contributed by atoms with Gasteiger partial charge in [0.05, 0.1) is 12.3 Å². The van der Waals surface area contributed by atoms with E-state index in [9.17, 15) is 8.42 Å². The minimum atomic E-state index is -3.53. The second-order valence-corrected chi connectivity index (χ2v) is 7.08. The molecule has 0 atom stereocenters. The molecule has 0 unspecified atom stereocenters. The van der Waals surface area contributed by atoms with Crippen LogP contribution in [0.1, 0.15) is 16.8 Å². The third kappa shape index (κ3) is 3.21. The van der Waals surface area contributed by atoms with E-state index in [-0.39, 0.29) is 17.4 Å². The van der Waals surface area contributed by atoms with Crippen molar-refractivity contribution < 1.29 is 13.5 Å². The van der Waals surface area contributed by atoms with Crippen LogP contribution in [0.25, 0.3) is 0 Å². The van der Waals surface area contributed by atoms with E-state index in [1.165, 1.54) is 6.07 Å². The topological polar surface area (TPSA) is 84.2 Å². The normalized spacial score (nSPS) is 11.9. The van der Waals surface area contributed by atoms with E-state index in [0.29, 0.717) is 5.56 Å². The number of nitrogens with one attached hydrogen (secondary N) is 1. The number of aliphatic hydroxyl groups is 1. The third-order valence-electron chi connectivity index (χ3n) is 2.64. The summed E-state index contributed by atoms with van der Waals surface area (Å²) in [5.41, 5.74) is 2.24. The molecular weight excluding hydrogens is 286 g/mol. The van der Waals surface area contributed by atoms with E-state index in [0.717, 1.165) is 22.6 Å². The molecule has 2 aromatic heterocycles. The number of aryl methyl sites for hydroxylation is 2. The van der Waals surface area contributed by atoms with Crippen molar-refractivity contribution in [3.05, 3.63) is 34.5 Å². The van der Waals surface area contributed by atoms with Gasteiger partial charge in [-0.3, -0.25) is 4.68 Å². The molecule has 2 aromatic rings. The Labute approximate surface area is 115 Å². The number of rotatable bonds is 5. The first-order valence-corrected chi connectivity index (χ1v) is 7.95. The lowest BCUT2D eigenvalue weighted by Gasteiger charge is -2.03.